The predicted molar refractivity (Wildman–Crippen MR) is 109 cm³/mol. The first-order valence-corrected chi connectivity index (χ1v) is 9.75. The number of thiocarbonyl (C=S) groups is 1. The van der Waals surface area contributed by atoms with Gasteiger partial charge in [-0.2, -0.15) is 0 Å². The third-order valence-electron chi connectivity index (χ3n) is 4.37. The molecule has 0 saturated carbocycles. The maximum absolute atomic E-state index is 12.3. The highest BCUT2D eigenvalue weighted by molar-refractivity contribution is 7.80. The van der Waals surface area contributed by atoms with Gasteiger partial charge in [0.2, 0.25) is 0 Å². The number of aryl methyl sites for hydroxylation is 1. The van der Waals surface area contributed by atoms with E-state index in [1.165, 1.54) is 23.3 Å². The molecule has 1 amide bonds. The molecule has 0 radical (unpaired) electrons. The van der Waals surface area contributed by atoms with Crippen molar-refractivity contribution in [2.75, 3.05) is 19.5 Å². The fourth-order valence-electron chi connectivity index (χ4n) is 3.02. The molecule has 0 spiro atoms. The van der Waals surface area contributed by atoms with Crippen molar-refractivity contribution in [3.63, 3.8) is 0 Å². The number of amides is 1. The zero-order chi connectivity index (χ0) is 19.4. The summed E-state index contributed by atoms with van der Waals surface area (Å²) >= 11 is 6.77. The molecule has 3 rings (SSSR count). The topological polar surface area (TPSA) is 76.7 Å². The highest BCUT2D eigenvalue weighted by atomic mass is 32.1. The van der Waals surface area contributed by atoms with Gasteiger partial charge in [-0.3, -0.25) is 10.1 Å². The van der Waals surface area contributed by atoms with Gasteiger partial charge in [-0.1, -0.05) is 0 Å². The molecule has 8 heteroatoms. The van der Waals surface area contributed by atoms with Gasteiger partial charge in [0, 0.05) is 10.4 Å². The van der Waals surface area contributed by atoms with Crippen LogP contribution in [0.5, 0.6) is 5.75 Å². The number of hydrogen-bond donors (Lipinski definition) is 2. The maximum Gasteiger partial charge on any atom is 0.341 e. The van der Waals surface area contributed by atoms with Crippen molar-refractivity contribution in [2.24, 2.45) is 0 Å². The van der Waals surface area contributed by atoms with E-state index in [1.54, 1.807) is 31.4 Å². The maximum atomic E-state index is 12.3. The van der Waals surface area contributed by atoms with Gasteiger partial charge in [0.25, 0.3) is 5.91 Å². The van der Waals surface area contributed by atoms with E-state index in [2.05, 4.69) is 10.6 Å². The number of carbonyl (C=O) groups is 2. The van der Waals surface area contributed by atoms with Crippen molar-refractivity contribution in [1.29, 1.82) is 0 Å². The molecule has 2 N–H and O–H groups in total. The number of hydrogen-bond acceptors (Lipinski definition) is 6. The van der Waals surface area contributed by atoms with Crippen molar-refractivity contribution < 1.29 is 19.1 Å². The summed E-state index contributed by atoms with van der Waals surface area (Å²) in [5, 5.41) is 6.40. The van der Waals surface area contributed by atoms with E-state index in [-0.39, 0.29) is 17.0 Å². The number of fused-ring (bicyclic) bond motifs is 1. The molecular formula is C19H20N2O4S2. The Labute approximate surface area is 166 Å². The molecule has 0 fully saturated rings. The number of thiophene rings is 1. The Bertz CT molecular complexity index is 875. The van der Waals surface area contributed by atoms with Crippen molar-refractivity contribution in [2.45, 2.75) is 25.7 Å². The van der Waals surface area contributed by atoms with Gasteiger partial charge >= 0.3 is 5.97 Å². The predicted octanol–water partition coefficient (Wildman–Crippen LogP) is 3.55. The van der Waals surface area contributed by atoms with E-state index in [0.717, 1.165) is 31.2 Å². The van der Waals surface area contributed by atoms with Gasteiger partial charge in [-0.15, -0.1) is 11.3 Å². The molecular weight excluding hydrogens is 384 g/mol. The second-order valence-corrected chi connectivity index (χ2v) is 7.56. The number of ether oxygens (including phenoxy) is 2. The molecule has 0 saturated heterocycles. The minimum atomic E-state index is -0.388. The third-order valence-corrected chi connectivity index (χ3v) is 5.78. The van der Waals surface area contributed by atoms with Crippen LogP contribution >= 0.6 is 23.6 Å². The van der Waals surface area contributed by atoms with Gasteiger partial charge in [-0.25, -0.2) is 4.79 Å². The van der Waals surface area contributed by atoms with Crippen molar-refractivity contribution in [1.82, 2.24) is 5.32 Å². The summed E-state index contributed by atoms with van der Waals surface area (Å²) in [4.78, 5) is 25.8. The lowest BCUT2D eigenvalue weighted by Crippen LogP contribution is -2.34. The number of anilines is 1. The number of methoxy groups -OCH3 is 2. The SMILES string of the molecule is COC(=O)c1c(NC(=S)NC(=O)c2ccc(OC)cc2)sc2c1CCCC2. The molecule has 27 heavy (non-hydrogen) atoms. The summed E-state index contributed by atoms with van der Waals surface area (Å²) in [5.41, 5.74) is 2.02. The minimum Gasteiger partial charge on any atom is -0.497 e. The first kappa shape index (κ1) is 19.3. The van der Waals surface area contributed by atoms with Crippen LogP contribution in [0.25, 0.3) is 0 Å². The lowest BCUT2D eigenvalue weighted by Gasteiger charge is -2.12. The van der Waals surface area contributed by atoms with Crippen LogP contribution in [0.15, 0.2) is 24.3 Å². The fraction of sp³-hybridized carbons (Fsp3) is 0.316. The fourth-order valence-corrected chi connectivity index (χ4v) is 4.57. The van der Waals surface area contributed by atoms with Crippen LogP contribution in [-0.2, 0) is 17.6 Å². The van der Waals surface area contributed by atoms with E-state index in [4.69, 9.17) is 21.7 Å². The second kappa shape index (κ2) is 8.49. The number of benzene rings is 1. The van der Waals surface area contributed by atoms with E-state index < -0.39 is 0 Å². The Morgan fingerprint density at radius 1 is 1.11 bits per heavy atom. The largest absolute Gasteiger partial charge is 0.497 e. The number of nitrogens with one attached hydrogen (secondary N) is 2. The molecule has 142 valence electrons. The van der Waals surface area contributed by atoms with E-state index in [1.807, 2.05) is 0 Å². The molecule has 1 aliphatic rings. The van der Waals surface area contributed by atoms with Crippen LogP contribution in [0.2, 0.25) is 0 Å². The lowest BCUT2D eigenvalue weighted by atomic mass is 9.95. The number of esters is 1. The smallest absolute Gasteiger partial charge is 0.341 e. The van der Waals surface area contributed by atoms with Crippen LogP contribution in [0.1, 0.15) is 44.0 Å². The quantitative estimate of drug-likeness (QED) is 0.600. The van der Waals surface area contributed by atoms with E-state index in [0.29, 0.717) is 21.9 Å². The van der Waals surface area contributed by atoms with Crippen LogP contribution < -0.4 is 15.4 Å². The average Bonchev–Trinajstić information content (AvgIpc) is 3.04. The first-order chi connectivity index (χ1) is 13.0. The van der Waals surface area contributed by atoms with Crippen LogP contribution in [0, 0.1) is 0 Å². The average molecular weight is 405 g/mol. The Hall–Kier alpha value is -2.45. The Balaban J connectivity index is 1.74. The van der Waals surface area contributed by atoms with Crippen LogP contribution in [-0.4, -0.2) is 31.2 Å². The molecule has 0 unspecified atom stereocenters. The molecule has 1 aromatic carbocycles. The van der Waals surface area contributed by atoms with Gasteiger partial charge in [0.15, 0.2) is 5.11 Å². The van der Waals surface area contributed by atoms with Crippen molar-refractivity contribution >= 4 is 45.5 Å². The standard InChI is InChI=1S/C19H20N2O4S2/c1-24-12-9-7-11(8-10-12)16(22)20-19(26)21-17-15(18(23)25-2)13-5-3-4-6-14(13)27-17/h7-10H,3-6H2,1-2H3,(H2,20,21,22,26). The van der Waals surface area contributed by atoms with Gasteiger partial charge in [0.05, 0.1) is 19.8 Å². The van der Waals surface area contributed by atoms with Crippen molar-refractivity contribution in [3.8, 4) is 5.75 Å². The summed E-state index contributed by atoms with van der Waals surface area (Å²) in [6.45, 7) is 0. The van der Waals surface area contributed by atoms with Crippen molar-refractivity contribution in [3.05, 3.63) is 45.8 Å². The first-order valence-electron chi connectivity index (χ1n) is 8.52. The number of carbonyl (C=O) groups excluding carboxylic acids is 2. The van der Waals surface area contributed by atoms with Gasteiger partial charge < -0.3 is 14.8 Å². The second-order valence-electron chi connectivity index (χ2n) is 6.04. The van der Waals surface area contributed by atoms with Crippen LogP contribution in [0.3, 0.4) is 0 Å². The highest BCUT2D eigenvalue weighted by Gasteiger charge is 2.26. The highest BCUT2D eigenvalue weighted by Crippen LogP contribution is 2.38. The van der Waals surface area contributed by atoms with E-state index >= 15 is 0 Å². The molecule has 2 aromatic rings. The summed E-state index contributed by atoms with van der Waals surface area (Å²) in [5.74, 6) is -0.0589. The van der Waals surface area contributed by atoms with Crippen LogP contribution in [0.4, 0.5) is 5.00 Å². The molecule has 1 aromatic heterocycles. The monoisotopic (exact) mass is 404 g/mol. The molecule has 0 aliphatic heterocycles. The summed E-state index contributed by atoms with van der Waals surface area (Å²) in [6, 6.07) is 6.71. The molecule has 6 nitrogen and oxygen atoms in total. The number of rotatable bonds is 4. The molecule has 0 bridgehead atoms. The normalized spacial score (nSPS) is 12.7. The zero-order valence-electron chi connectivity index (χ0n) is 15.1. The summed E-state index contributed by atoms with van der Waals surface area (Å²) in [6.07, 6.45) is 3.94. The Morgan fingerprint density at radius 3 is 2.48 bits per heavy atom. The lowest BCUT2D eigenvalue weighted by molar-refractivity contribution is 0.0601. The Morgan fingerprint density at radius 2 is 1.81 bits per heavy atom. The van der Waals surface area contributed by atoms with Gasteiger partial charge in [0.1, 0.15) is 10.8 Å². The molecule has 1 heterocycles. The summed E-state index contributed by atoms with van der Waals surface area (Å²) < 4.78 is 10.0. The molecule has 1 aliphatic carbocycles. The minimum absolute atomic E-state index is 0.138. The molecule has 0 atom stereocenters. The zero-order valence-corrected chi connectivity index (χ0v) is 16.7. The third kappa shape index (κ3) is 4.28. The van der Waals surface area contributed by atoms with Gasteiger partial charge in [-0.05, 0) is 67.7 Å². The van der Waals surface area contributed by atoms with E-state index in [9.17, 15) is 9.59 Å². The Kier molecular flexibility index (Phi) is 6.08. The summed E-state index contributed by atoms with van der Waals surface area (Å²) in [7, 11) is 2.93.